The van der Waals surface area contributed by atoms with Gasteiger partial charge in [-0.3, -0.25) is 0 Å². The SMILES string of the molecule is CCCCCC[PH](CC)(CCCC)CCCCC. The Kier molecular flexibility index (Phi) is 12.8. The molecule has 0 bridgehead atoms. The van der Waals surface area contributed by atoms with E-state index in [1.165, 1.54) is 57.8 Å². The van der Waals surface area contributed by atoms with E-state index in [0.29, 0.717) is 0 Å². The number of unbranched alkanes of at least 4 members (excludes halogenated alkanes) is 6. The van der Waals surface area contributed by atoms with Crippen LogP contribution in [0.25, 0.3) is 0 Å². The van der Waals surface area contributed by atoms with E-state index in [0.717, 1.165) is 0 Å². The fourth-order valence-electron chi connectivity index (χ4n) is 3.13. The number of hydrogen-bond donors (Lipinski definition) is 0. The first-order valence-electron chi connectivity index (χ1n) is 8.74. The van der Waals surface area contributed by atoms with Gasteiger partial charge < -0.3 is 0 Å². The van der Waals surface area contributed by atoms with E-state index in [1.54, 1.807) is 24.6 Å². The molecule has 0 aromatic rings. The zero-order valence-corrected chi connectivity index (χ0v) is 14.7. The molecule has 0 aliphatic carbocycles. The zero-order chi connectivity index (χ0) is 13.7. The van der Waals surface area contributed by atoms with E-state index < -0.39 is 7.26 Å². The molecule has 0 radical (unpaired) electrons. The zero-order valence-electron chi connectivity index (χ0n) is 13.7. The second-order valence-electron chi connectivity index (χ2n) is 6.22. The molecule has 0 aromatic heterocycles. The van der Waals surface area contributed by atoms with Crippen LogP contribution < -0.4 is 0 Å². The fourth-order valence-corrected chi connectivity index (χ4v) is 8.05. The summed E-state index contributed by atoms with van der Waals surface area (Å²) in [6.45, 7) is 9.51. The minimum atomic E-state index is -0.878. The number of hydrogen-bond acceptors (Lipinski definition) is 0. The average Bonchev–Trinajstić information content (AvgIpc) is 2.40. The van der Waals surface area contributed by atoms with Gasteiger partial charge in [-0.1, -0.05) is 0 Å². The molecule has 0 saturated carbocycles. The van der Waals surface area contributed by atoms with Crippen LogP contribution in [-0.4, -0.2) is 24.6 Å². The summed E-state index contributed by atoms with van der Waals surface area (Å²) in [6.07, 6.45) is 19.6. The van der Waals surface area contributed by atoms with Crippen LogP contribution in [0.2, 0.25) is 0 Å². The van der Waals surface area contributed by atoms with Crippen molar-refractivity contribution in [1.29, 1.82) is 0 Å². The molecule has 0 atom stereocenters. The van der Waals surface area contributed by atoms with Crippen LogP contribution >= 0.6 is 7.26 Å². The Morgan fingerprint density at radius 3 is 1.44 bits per heavy atom. The van der Waals surface area contributed by atoms with Gasteiger partial charge in [-0.05, 0) is 0 Å². The first-order chi connectivity index (χ1) is 8.74. The first kappa shape index (κ1) is 18.4. The Morgan fingerprint density at radius 1 is 0.500 bits per heavy atom. The molecule has 0 unspecified atom stereocenters. The summed E-state index contributed by atoms with van der Waals surface area (Å²) < 4.78 is 0. The molecule has 0 amide bonds. The predicted octanol–water partition coefficient (Wildman–Crippen LogP) is 6.33. The van der Waals surface area contributed by atoms with Gasteiger partial charge in [-0.15, -0.1) is 0 Å². The van der Waals surface area contributed by atoms with E-state index in [2.05, 4.69) is 27.7 Å². The standard InChI is InChI=1S/C17H39P/c1-5-9-12-14-17-18(8-4,15-11-7-3)16-13-10-6-2/h18H,5-17H2,1-4H3. The van der Waals surface area contributed by atoms with Crippen LogP contribution in [0.1, 0.15) is 85.5 Å². The molecule has 112 valence electrons. The molecule has 0 fully saturated rings. The van der Waals surface area contributed by atoms with Crippen molar-refractivity contribution in [3.8, 4) is 0 Å². The van der Waals surface area contributed by atoms with E-state index in [9.17, 15) is 0 Å². The van der Waals surface area contributed by atoms with Gasteiger partial charge in [-0.25, -0.2) is 0 Å². The molecule has 0 spiro atoms. The van der Waals surface area contributed by atoms with Crippen LogP contribution in [-0.2, 0) is 0 Å². The average molecular weight is 274 g/mol. The Morgan fingerprint density at radius 2 is 0.944 bits per heavy atom. The van der Waals surface area contributed by atoms with E-state index in [1.807, 2.05) is 0 Å². The van der Waals surface area contributed by atoms with Gasteiger partial charge in [0.2, 0.25) is 0 Å². The Labute approximate surface area is 118 Å². The van der Waals surface area contributed by atoms with Crippen molar-refractivity contribution in [2.24, 2.45) is 0 Å². The normalized spacial score (nSPS) is 12.9. The molecule has 0 aromatic carbocycles. The molecule has 0 aliphatic rings. The van der Waals surface area contributed by atoms with Crippen molar-refractivity contribution in [3.05, 3.63) is 0 Å². The van der Waals surface area contributed by atoms with Crippen molar-refractivity contribution in [3.63, 3.8) is 0 Å². The van der Waals surface area contributed by atoms with Crippen LogP contribution in [0.15, 0.2) is 0 Å². The quantitative estimate of drug-likeness (QED) is 0.272. The third-order valence-electron chi connectivity index (χ3n) is 4.68. The molecule has 18 heavy (non-hydrogen) atoms. The van der Waals surface area contributed by atoms with E-state index in [4.69, 9.17) is 0 Å². The third kappa shape index (κ3) is 8.52. The Bertz CT molecular complexity index is 167. The van der Waals surface area contributed by atoms with Gasteiger partial charge in [0.15, 0.2) is 0 Å². The molecule has 0 rings (SSSR count). The molecule has 0 aliphatic heterocycles. The van der Waals surface area contributed by atoms with Gasteiger partial charge in [0.25, 0.3) is 0 Å². The summed E-state index contributed by atoms with van der Waals surface area (Å²) in [7, 11) is -0.878. The van der Waals surface area contributed by atoms with Gasteiger partial charge in [0.05, 0.1) is 0 Å². The molecular formula is C17H39P. The maximum absolute atomic E-state index is 2.49. The predicted molar refractivity (Wildman–Crippen MR) is 92.0 cm³/mol. The summed E-state index contributed by atoms with van der Waals surface area (Å²) in [4.78, 5) is 0. The Balaban J connectivity index is 4.15. The molecule has 1 heteroatoms. The summed E-state index contributed by atoms with van der Waals surface area (Å²) in [5.41, 5.74) is 0. The maximum atomic E-state index is 2.49. The van der Waals surface area contributed by atoms with Crippen molar-refractivity contribution >= 4 is 7.26 Å². The van der Waals surface area contributed by atoms with Gasteiger partial charge >= 0.3 is 117 Å². The van der Waals surface area contributed by atoms with Gasteiger partial charge in [0, 0.05) is 0 Å². The van der Waals surface area contributed by atoms with Crippen LogP contribution in [0.5, 0.6) is 0 Å². The van der Waals surface area contributed by atoms with Gasteiger partial charge in [0.1, 0.15) is 0 Å². The molecule has 0 saturated heterocycles. The monoisotopic (exact) mass is 274 g/mol. The van der Waals surface area contributed by atoms with E-state index >= 15 is 0 Å². The Hall–Kier alpha value is 0.430. The third-order valence-corrected chi connectivity index (χ3v) is 10.4. The molecule has 0 nitrogen and oxygen atoms in total. The molecule has 0 heterocycles. The van der Waals surface area contributed by atoms with Crippen LogP contribution in [0.3, 0.4) is 0 Å². The van der Waals surface area contributed by atoms with Crippen molar-refractivity contribution in [2.75, 3.05) is 24.6 Å². The molecule has 0 N–H and O–H groups in total. The second-order valence-corrected chi connectivity index (χ2v) is 11.4. The van der Waals surface area contributed by atoms with Crippen LogP contribution in [0, 0.1) is 0 Å². The van der Waals surface area contributed by atoms with E-state index in [-0.39, 0.29) is 0 Å². The fraction of sp³-hybridized carbons (Fsp3) is 1.00. The summed E-state index contributed by atoms with van der Waals surface area (Å²) in [5, 5.41) is 0. The molecular weight excluding hydrogens is 235 g/mol. The van der Waals surface area contributed by atoms with Gasteiger partial charge in [-0.2, -0.15) is 0 Å². The first-order valence-corrected chi connectivity index (χ1v) is 11.6. The topological polar surface area (TPSA) is 0 Å². The summed E-state index contributed by atoms with van der Waals surface area (Å²) >= 11 is 0. The van der Waals surface area contributed by atoms with Crippen molar-refractivity contribution < 1.29 is 0 Å². The second kappa shape index (κ2) is 12.5. The van der Waals surface area contributed by atoms with Crippen LogP contribution in [0.4, 0.5) is 0 Å². The summed E-state index contributed by atoms with van der Waals surface area (Å²) in [6, 6.07) is 0. The minimum absolute atomic E-state index is 0.878. The number of rotatable bonds is 13. The van der Waals surface area contributed by atoms with Crippen molar-refractivity contribution in [1.82, 2.24) is 0 Å². The summed E-state index contributed by atoms with van der Waals surface area (Å²) in [5.74, 6) is 0. The van der Waals surface area contributed by atoms with Crippen molar-refractivity contribution in [2.45, 2.75) is 85.5 Å².